The van der Waals surface area contributed by atoms with Gasteiger partial charge in [-0.15, -0.1) is 0 Å². The summed E-state index contributed by atoms with van der Waals surface area (Å²) in [5.74, 6) is -1.87. The van der Waals surface area contributed by atoms with Crippen LogP contribution in [0.2, 0.25) is 10.0 Å². The van der Waals surface area contributed by atoms with Gasteiger partial charge >= 0.3 is 5.97 Å². The molecule has 0 saturated carbocycles. The van der Waals surface area contributed by atoms with Gasteiger partial charge in [0.25, 0.3) is 6.43 Å². The van der Waals surface area contributed by atoms with Gasteiger partial charge in [-0.2, -0.15) is 0 Å². The second-order valence-corrected chi connectivity index (χ2v) is 4.32. The number of aromatic nitrogens is 2. The molecule has 0 radical (unpaired) electrons. The lowest BCUT2D eigenvalue weighted by molar-refractivity contribution is -0.137. The zero-order valence-corrected chi connectivity index (χ0v) is 10.2. The largest absolute Gasteiger partial charge is 0.480 e. The third-order valence-electron chi connectivity index (χ3n) is 2.31. The number of hydrogen-bond acceptors (Lipinski definition) is 2. The predicted molar refractivity (Wildman–Crippen MR) is 62.3 cm³/mol. The summed E-state index contributed by atoms with van der Waals surface area (Å²) in [4.78, 5) is 14.4. The van der Waals surface area contributed by atoms with Crippen LogP contribution in [0.15, 0.2) is 12.1 Å². The Labute approximate surface area is 110 Å². The SMILES string of the molecule is O=C(O)Cn1c(C(F)F)nc2cc(Cl)c(Cl)cc21. The van der Waals surface area contributed by atoms with Crippen LogP contribution in [0.4, 0.5) is 8.78 Å². The number of alkyl halides is 2. The highest BCUT2D eigenvalue weighted by Gasteiger charge is 2.21. The van der Waals surface area contributed by atoms with Gasteiger partial charge in [0.05, 0.1) is 21.1 Å². The molecule has 0 aliphatic heterocycles. The van der Waals surface area contributed by atoms with Crippen molar-refractivity contribution in [2.45, 2.75) is 13.0 Å². The Morgan fingerprint density at radius 2 is 2.00 bits per heavy atom. The average Bonchev–Trinajstić information content (AvgIpc) is 2.57. The standard InChI is InChI=1S/C10H6Cl2F2N2O2/c11-4-1-6-7(2-5(4)12)16(3-8(17)18)10(15-6)9(13)14/h1-2,9H,3H2,(H,17,18). The van der Waals surface area contributed by atoms with Crippen LogP contribution in [-0.4, -0.2) is 20.6 Å². The maximum absolute atomic E-state index is 12.8. The molecule has 0 spiro atoms. The van der Waals surface area contributed by atoms with E-state index >= 15 is 0 Å². The van der Waals surface area contributed by atoms with Crippen molar-refractivity contribution in [3.63, 3.8) is 0 Å². The van der Waals surface area contributed by atoms with Crippen LogP contribution < -0.4 is 0 Å². The van der Waals surface area contributed by atoms with Crippen molar-refractivity contribution >= 4 is 40.2 Å². The van der Waals surface area contributed by atoms with Gasteiger partial charge in [-0.1, -0.05) is 23.2 Å². The van der Waals surface area contributed by atoms with Crippen LogP contribution >= 0.6 is 23.2 Å². The van der Waals surface area contributed by atoms with Crippen LogP contribution in [0.5, 0.6) is 0 Å². The van der Waals surface area contributed by atoms with Gasteiger partial charge in [-0.05, 0) is 12.1 Å². The second-order valence-electron chi connectivity index (χ2n) is 3.51. The first kappa shape index (κ1) is 13.0. The van der Waals surface area contributed by atoms with E-state index in [9.17, 15) is 13.6 Å². The maximum atomic E-state index is 12.8. The monoisotopic (exact) mass is 294 g/mol. The number of halogens is 4. The Balaban J connectivity index is 2.72. The van der Waals surface area contributed by atoms with Gasteiger partial charge in [-0.3, -0.25) is 4.79 Å². The number of carboxylic acid groups (broad SMARTS) is 1. The minimum absolute atomic E-state index is 0.150. The summed E-state index contributed by atoms with van der Waals surface area (Å²) in [5, 5.41) is 9.04. The van der Waals surface area contributed by atoms with Crippen LogP contribution in [0, 0.1) is 0 Å². The lowest BCUT2D eigenvalue weighted by Crippen LogP contribution is -2.12. The van der Waals surface area contributed by atoms with Crippen LogP contribution in [-0.2, 0) is 11.3 Å². The van der Waals surface area contributed by atoms with Crippen molar-refractivity contribution in [3.8, 4) is 0 Å². The fourth-order valence-corrected chi connectivity index (χ4v) is 1.92. The summed E-state index contributed by atoms with van der Waals surface area (Å²) >= 11 is 11.5. The van der Waals surface area contributed by atoms with E-state index < -0.39 is 24.8 Å². The van der Waals surface area contributed by atoms with Crippen LogP contribution in [0.3, 0.4) is 0 Å². The summed E-state index contributed by atoms with van der Waals surface area (Å²) in [6.45, 7) is -0.617. The second kappa shape index (κ2) is 4.70. The quantitative estimate of drug-likeness (QED) is 0.944. The molecule has 0 bridgehead atoms. The maximum Gasteiger partial charge on any atom is 0.323 e. The molecule has 1 heterocycles. The number of fused-ring (bicyclic) bond motifs is 1. The zero-order chi connectivity index (χ0) is 13.4. The van der Waals surface area contributed by atoms with Gasteiger partial charge in [0.1, 0.15) is 6.54 Å². The smallest absolute Gasteiger partial charge is 0.323 e. The molecule has 0 saturated heterocycles. The molecule has 0 aliphatic carbocycles. The lowest BCUT2D eigenvalue weighted by Gasteiger charge is -2.05. The van der Waals surface area contributed by atoms with E-state index in [0.29, 0.717) is 0 Å². The normalized spacial score (nSPS) is 11.4. The Kier molecular flexibility index (Phi) is 3.41. The molecule has 0 fully saturated rings. The number of aliphatic carboxylic acids is 1. The van der Waals surface area contributed by atoms with Gasteiger partial charge < -0.3 is 9.67 Å². The molecule has 8 heteroatoms. The summed E-state index contributed by atoms with van der Waals surface area (Å²) in [5.41, 5.74) is 0.392. The molecule has 0 amide bonds. The highest BCUT2D eigenvalue weighted by molar-refractivity contribution is 6.42. The number of carboxylic acids is 1. The molecule has 18 heavy (non-hydrogen) atoms. The van der Waals surface area contributed by atoms with Crippen molar-refractivity contribution in [3.05, 3.63) is 28.0 Å². The molecule has 2 rings (SSSR count). The highest BCUT2D eigenvalue weighted by Crippen LogP contribution is 2.30. The average molecular weight is 295 g/mol. The molecular formula is C10H6Cl2F2N2O2. The highest BCUT2D eigenvalue weighted by atomic mass is 35.5. The number of hydrogen-bond donors (Lipinski definition) is 1. The first-order chi connectivity index (χ1) is 8.40. The number of rotatable bonds is 3. The van der Waals surface area contributed by atoms with E-state index in [4.69, 9.17) is 28.3 Å². The Bertz CT molecular complexity index is 628. The molecule has 0 atom stereocenters. The van der Waals surface area contributed by atoms with Gasteiger partial charge in [0.15, 0.2) is 5.82 Å². The van der Waals surface area contributed by atoms with Crippen molar-refractivity contribution in [2.24, 2.45) is 0 Å². The van der Waals surface area contributed by atoms with Gasteiger partial charge in [0, 0.05) is 0 Å². The third-order valence-corrected chi connectivity index (χ3v) is 3.03. The molecule has 96 valence electrons. The molecule has 2 aromatic rings. The first-order valence-corrected chi connectivity index (χ1v) is 5.51. The lowest BCUT2D eigenvalue weighted by atomic mass is 10.3. The summed E-state index contributed by atoms with van der Waals surface area (Å²) < 4.78 is 26.5. The molecule has 1 N–H and O–H groups in total. The fourth-order valence-electron chi connectivity index (χ4n) is 1.61. The summed E-state index contributed by atoms with van der Waals surface area (Å²) in [6, 6.07) is 2.64. The van der Waals surface area contributed by atoms with E-state index in [1.165, 1.54) is 12.1 Å². The van der Waals surface area contributed by atoms with Crippen molar-refractivity contribution in [2.75, 3.05) is 0 Å². The van der Waals surface area contributed by atoms with Crippen molar-refractivity contribution < 1.29 is 18.7 Å². The van der Waals surface area contributed by atoms with Crippen molar-refractivity contribution in [1.29, 1.82) is 0 Å². The zero-order valence-electron chi connectivity index (χ0n) is 8.70. The topological polar surface area (TPSA) is 55.1 Å². The van der Waals surface area contributed by atoms with E-state index in [0.717, 1.165) is 4.57 Å². The Morgan fingerprint density at radius 3 is 2.56 bits per heavy atom. The van der Waals surface area contributed by atoms with E-state index in [-0.39, 0.29) is 21.1 Å². The first-order valence-electron chi connectivity index (χ1n) is 4.75. The number of imidazole rings is 1. The fraction of sp³-hybridized carbons (Fsp3) is 0.200. The number of nitrogens with zero attached hydrogens (tertiary/aromatic N) is 2. The number of carbonyl (C=O) groups is 1. The molecule has 1 aromatic heterocycles. The molecule has 0 unspecified atom stereocenters. The Hall–Kier alpha value is -1.40. The van der Waals surface area contributed by atoms with E-state index in [1.807, 2.05) is 0 Å². The number of benzene rings is 1. The van der Waals surface area contributed by atoms with Crippen LogP contribution in [0.25, 0.3) is 11.0 Å². The summed E-state index contributed by atoms with van der Waals surface area (Å²) in [6.07, 6.45) is -2.88. The Morgan fingerprint density at radius 1 is 1.39 bits per heavy atom. The van der Waals surface area contributed by atoms with Crippen molar-refractivity contribution in [1.82, 2.24) is 9.55 Å². The molecule has 4 nitrogen and oxygen atoms in total. The minimum atomic E-state index is -2.88. The van der Waals surface area contributed by atoms with E-state index in [2.05, 4.69) is 4.98 Å². The molecule has 1 aromatic carbocycles. The minimum Gasteiger partial charge on any atom is -0.480 e. The van der Waals surface area contributed by atoms with Gasteiger partial charge in [0.2, 0.25) is 0 Å². The molecular weight excluding hydrogens is 289 g/mol. The van der Waals surface area contributed by atoms with Crippen LogP contribution in [0.1, 0.15) is 12.2 Å². The summed E-state index contributed by atoms with van der Waals surface area (Å²) in [7, 11) is 0. The van der Waals surface area contributed by atoms with Gasteiger partial charge in [-0.25, -0.2) is 13.8 Å². The predicted octanol–water partition coefficient (Wildman–Crippen LogP) is 3.37. The third kappa shape index (κ3) is 2.26. The van der Waals surface area contributed by atoms with E-state index in [1.54, 1.807) is 0 Å². The molecule has 0 aliphatic rings.